The molecule has 0 saturated carbocycles. The summed E-state index contributed by atoms with van der Waals surface area (Å²) in [4.78, 5) is 30.4. The van der Waals surface area contributed by atoms with E-state index < -0.39 is 11.6 Å². The van der Waals surface area contributed by atoms with Gasteiger partial charge in [0.25, 0.3) is 0 Å². The maximum atomic E-state index is 13.9. The van der Waals surface area contributed by atoms with Crippen molar-refractivity contribution >= 4 is 34.2 Å². The standard InChI is InChI=1S/C27H31N5O2S/c1-5-27(3,4)28-26(34)25(21-13-7-6-11-19(21)2)31(17-20-12-10-16-35-20)24(33)18-32-23-15-9-8-14-22(23)29-30-32/h6-16,25H,5,17-18H2,1-4H3,(H,28,34)/t25-/m0/s1. The van der Waals surface area contributed by atoms with Crippen LogP contribution in [-0.4, -0.2) is 37.2 Å². The second-order valence-corrected chi connectivity index (χ2v) is 10.4. The number of aromatic nitrogens is 3. The van der Waals surface area contributed by atoms with Crippen LogP contribution in [0.3, 0.4) is 0 Å². The van der Waals surface area contributed by atoms with E-state index in [4.69, 9.17) is 0 Å². The molecule has 182 valence electrons. The molecule has 0 aliphatic rings. The molecule has 0 bridgehead atoms. The van der Waals surface area contributed by atoms with Crippen LogP contribution in [0.25, 0.3) is 11.0 Å². The highest BCUT2D eigenvalue weighted by Gasteiger charge is 2.35. The number of nitrogens with one attached hydrogen (secondary N) is 1. The molecule has 8 heteroatoms. The molecule has 4 aromatic rings. The lowest BCUT2D eigenvalue weighted by molar-refractivity contribution is -0.142. The van der Waals surface area contributed by atoms with Gasteiger partial charge in [0.15, 0.2) is 0 Å². The van der Waals surface area contributed by atoms with E-state index in [1.54, 1.807) is 20.9 Å². The van der Waals surface area contributed by atoms with Crippen LogP contribution < -0.4 is 5.32 Å². The lowest BCUT2D eigenvalue weighted by atomic mass is 9.96. The first-order valence-corrected chi connectivity index (χ1v) is 12.6. The van der Waals surface area contributed by atoms with Crippen LogP contribution in [0, 0.1) is 6.92 Å². The van der Waals surface area contributed by atoms with Gasteiger partial charge in [-0.05, 0) is 61.9 Å². The zero-order valence-electron chi connectivity index (χ0n) is 20.6. The fraction of sp³-hybridized carbons (Fsp3) is 0.333. The first-order chi connectivity index (χ1) is 16.8. The number of hydrogen-bond acceptors (Lipinski definition) is 5. The number of rotatable bonds is 9. The molecular weight excluding hydrogens is 458 g/mol. The number of hydrogen-bond donors (Lipinski definition) is 1. The highest BCUT2D eigenvalue weighted by molar-refractivity contribution is 7.09. The Morgan fingerprint density at radius 2 is 1.83 bits per heavy atom. The quantitative estimate of drug-likeness (QED) is 0.364. The molecule has 2 heterocycles. The molecule has 2 aromatic heterocycles. The minimum absolute atomic E-state index is 0.0152. The van der Waals surface area contributed by atoms with Crippen LogP contribution in [-0.2, 0) is 22.7 Å². The van der Waals surface area contributed by atoms with Gasteiger partial charge in [-0.3, -0.25) is 9.59 Å². The fourth-order valence-electron chi connectivity index (χ4n) is 3.98. The zero-order chi connectivity index (χ0) is 25.0. The Labute approximate surface area is 209 Å². The van der Waals surface area contributed by atoms with Crippen molar-refractivity contribution in [3.05, 3.63) is 82.0 Å². The number of thiophene rings is 1. The van der Waals surface area contributed by atoms with Crippen LogP contribution in [0.15, 0.2) is 66.0 Å². The van der Waals surface area contributed by atoms with Gasteiger partial charge < -0.3 is 10.2 Å². The molecule has 1 N–H and O–H groups in total. The van der Waals surface area contributed by atoms with Crippen molar-refractivity contribution < 1.29 is 9.59 Å². The first-order valence-electron chi connectivity index (χ1n) is 11.8. The lowest BCUT2D eigenvalue weighted by Gasteiger charge is -2.35. The van der Waals surface area contributed by atoms with Gasteiger partial charge in [0.2, 0.25) is 11.8 Å². The van der Waals surface area contributed by atoms with Crippen LogP contribution in [0.5, 0.6) is 0 Å². The second kappa shape index (κ2) is 10.4. The topological polar surface area (TPSA) is 80.1 Å². The average molecular weight is 490 g/mol. The first kappa shape index (κ1) is 24.6. The molecule has 0 unspecified atom stereocenters. The summed E-state index contributed by atoms with van der Waals surface area (Å²) >= 11 is 1.56. The maximum Gasteiger partial charge on any atom is 0.247 e. The van der Waals surface area contributed by atoms with Crippen molar-refractivity contribution in [2.75, 3.05) is 0 Å². The van der Waals surface area contributed by atoms with Gasteiger partial charge in [0, 0.05) is 10.4 Å². The van der Waals surface area contributed by atoms with Crippen molar-refractivity contribution in [2.45, 2.75) is 58.8 Å². The number of benzene rings is 2. The summed E-state index contributed by atoms with van der Waals surface area (Å²) in [5.41, 5.74) is 2.86. The molecule has 1 atom stereocenters. The van der Waals surface area contributed by atoms with E-state index in [0.29, 0.717) is 6.54 Å². The van der Waals surface area contributed by atoms with E-state index in [1.165, 1.54) is 0 Å². The van der Waals surface area contributed by atoms with Gasteiger partial charge in [-0.2, -0.15) is 0 Å². The Hall–Kier alpha value is -3.52. The Morgan fingerprint density at radius 3 is 2.54 bits per heavy atom. The maximum absolute atomic E-state index is 13.9. The van der Waals surface area contributed by atoms with E-state index in [1.807, 2.05) is 93.7 Å². The predicted octanol–water partition coefficient (Wildman–Crippen LogP) is 4.88. The van der Waals surface area contributed by atoms with E-state index in [-0.39, 0.29) is 18.4 Å². The van der Waals surface area contributed by atoms with E-state index >= 15 is 0 Å². The number of carbonyl (C=O) groups is 2. The molecule has 0 spiro atoms. The predicted molar refractivity (Wildman–Crippen MR) is 139 cm³/mol. The summed E-state index contributed by atoms with van der Waals surface area (Å²) in [6.45, 7) is 8.30. The molecule has 0 aliphatic carbocycles. The molecule has 35 heavy (non-hydrogen) atoms. The van der Waals surface area contributed by atoms with Crippen molar-refractivity contribution in [2.24, 2.45) is 0 Å². The number of carbonyl (C=O) groups excluding carboxylic acids is 2. The largest absolute Gasteiger partial charge is 0.349 e. The fourth-order valence-corrected chi connectivity index (χ4v) is 4.68. The average Bonchev–Trinajstić information content (AvgIpc) is 3.50. The van der Waals surface area contributed by atoms with Crippen LogP contribution in [0.1, 0.15) is 49.2 Å². The molecule has 0 fully saturated rings. The van der Waals surface area contributed by atoms with Crippen LogP contribution in [0.2, 0.25) is 0 Å². The van der Waals surface area contributed by atoms with E-state index in [9.17, 15) is 9.59 Å². The molecule has 0 radical (unpaired) electrons. The molecule has 0 aliphatic heterocycles. The van der Waals surface area contributed by atoms with Gasteiger partial charge >= 0.3 is 0 Å². The minimum atomic E-state index is -0.786. The Morgan fingerprint density at radius 1 is 1.09 bits per heavy atom. The Kier molecular flexibility index (Phi) is 7.31. The normalized spacial score (nSPS) is 12.5. The molecule has 0 saturated heterocycles. The number of nitrogens with zero attached hydrogens (tertiary/aromatic N) is 4. The van der Waals surface area contributed by atoms with Crippen LogP contribution in [0.4, 0.5) is 0 Å². The summed E-state index contributed by atoms with van der Waals surface area (Å²) in [6, 6.07) is 18.4. The molecule has 4 rings (SSSR count). The number of para-hydroxylation sites is 1. The second-order valence-electron chi connectivity index (χ2n) is 9.32. The minimum Gasteiger partial charge on any atom is -0.349 e. The smallest absolute Gasteiger partial charge is 0.247 e. The number of aryl methyl sites for hydroxylation is 1. The van der Waals surface area contributed by atoms with Crippen LogP contribution >= 0.6 is 11.3 Å². The summed E-state index contributed by atoms with van der Waals surface area (Å²) in [5.74, 6) is -0.397. The van der Waals surface area contributed by atoms with Crippen molar-refractivity contribution in [1.82, 2.24) is 25.2 Å². The molecular formula is C27H31N5O2S. The third kappa shape index (κ3) is 5.59. The van der Waals surface area contributed by atoms with Crippen molar-refractivity contribution in [3.63, 3.8) is 0 Å². The number of fused-ring (bicyclic) bond motifs is 1. The SMILES string of the molecule is CCC(C)(C)NC(=O)[C@H](c1ccccc1C)N(Cc1cccs1)C(=O)Cn1nnc2ccccc21. The van der Waals surface area contributed by atoms with Gasteiger partial charge in [0.05, 0.1) is 12.1 Å². The molecule has 2 amide bonds. The Balaban J connectivity index is 1.76. The van der Waals surface area contributed by atoms with E-state index in [0.717, 1.165) is 33.5 Å². The molecule has 7 nitrogen and oxygen atoms in total. The van der Waals surface area contributed by atoms with Gasteiger partial charge in [-0.15, -0.1) is 16.4 Å². The Bertz CT molecular complexity index is 1310. The number of amides is 2. The third-order valence-electron chi connectivity index (χ3n) is 6.32. The van der Waals surface area contributed by atoms with Gasteiger partial charge in [-0.1, -0.05) is 54.6 Å². The summed E-state index contributed by atoms with van der Waals surface area (Å²) in [5, 5.41) is 13.5. The van der Waals surface area contributed by atoms with Gasteiger partial charge in [0.1, 0.15) is 18.1 Å². The molecule has 2 aromatic carbocycles. The summed E-state index contributed by atoms with van der Waals surface area (Å²) in [6.07, 6.45) is 0.767. The highest BCUT2D eigenvalue weighted by atomic mass is 32.1. The van der Waals surface area contributed by atoms with E-state index in [2.05, 4.69) is 15.6 Å². The lowest BCUT2D eigenvalue weighted by Crippen LogP contribution is -2.50. The summed E-state index contributed by atoms with van der Waals surface area (Å²) in [7, 11) is 0. The highest BCUT2D eigenvalue weighted by Crippen LogP contribution is 2.29. The zero-order valence-corrected chi connectivity index (χ0v) is 21.4. The van der Waals surface area contributed by atoms with Crippen molar-refractivity contribution in [3.8, 4) is 0 Å². The monoisotopic (exact) mass is 489 g/mol. The van der Waals surface area contributed by atoms with Gasteiger partial charge in [-0.25, -0.2) is 4.68 Å². The van der Waals surface area contributed by atoms with Crippen molar-refractivity contribution in [1.29, 1.82) is 0 Å². The summed E-state index contributed by atoms with van der Waals surface area (Å²) < 4.78 is 1.60. The third-order valence-corrected chi connectivity index (χ3v) is 7.18.